The fourth-order valence-electron chi connectivity index (χ4n) is 2.54. The maximum absolute atomic E-state index is 8.88. The summed E-state index contributed by atoms with van der Waals surface area (Å²) in [6, 6.07) is 0.459. The van der Waals surface area contributed by atoms with E-state index in [1.807, 2.05) is 0 Å². The summed E-state index contributed by atoms with van der Waals surface area (Å²) in [6.45, 7) is 2.40. The third kappa shape index (κ3) is 1.85. The van der Waals surface area contributed by atoms with E-state index in [9.17, 15) is 0 Å². The van der Waals surface area contributed by atoms with Gasteiger partial charge in [-0.25, -0.2) is 0 Å². The quantitative estimate of drug-likeness (QED) is 0.496. The van der Waals surface area contributed by atoms with Gasteiger partial charge in [-0.1, -0.05) is 11.6 Å². The van der Waals surface area contributed by atoms with Crippen molar-refractivity contribution >= 4 is 5.71 Å². The van der Waals surface area contributed by atoms with Crippen molar-refractivity contribution in [3.63, 3.8) is 0 Å². The third-order valence-corrected chi connectivity index (χ3v) is 3.25. The summed E-state index contributed by atoms with van der Waals surface area (Å²) in [5.74, 6) is 0. The number of hydrogen-bond acceptors (Lipinski definition) is 3. The summed E-state index contributed by atoms with van der Waals surface area (Å²) < 4.78 is 0. The van der Waals surface area contributed by atoms with Gasteiger partial charge < -0.3 is 5.21 Å². The molecular formula is C10H18N2O. The van der Waals surface area contributed by atoms with Gasteiger partial charge in [0.15, 0.2) is 0 Å². The Labute approximate surface area is 79.4 Å². The van der Waals surface area contributed by atoms with E-state index in [1.54, 1.807) is 0 Å². The molecule has 2 aliphatic rings. The van der Waals surface area contributed by atoms with Crippen LogP contribution in [0.1, 0.15) is 38.5 Å². The maximum atomic E-state index is 8.88. The summed E-state index contributed by atoms with van der Waals surface area (Å²) >= 11 is 0. The topological polar surface area (TPSA) is 35.8 Å². The molecule has 3 heteroatoms. The van der Waals surface area contributed by atoms with Crippen LogP contribution < -0.4 is 0 Å². The SMILES string of the molecule is O/N=C1\CCCCC1N1CCCC1. The summed E-state index contributed by atoms with van der Waals surface area (Å²) in [6.07, 6.45) is 7.31. The Balaban J connectivity index is 2.01. The molecule has 0 aromatic carbocycles. The van der Waals surface area contributed by atoms with E-state index < -0.39 is 0 Å². The van der Waals surface area contributed by atoms with Gasteiger partial charge in [-0.3, -0.25) is 4.90 Å². The standard InChI is InChI=1S/C10H18N2O/c13-11-9-5-1-2-6-10(9)12-7-3-4-8-12/h10,13H,1-8H2/b11-9+. The van der Waals surface area contributed by atoms with Crippen LogP contribution >= 0.6 is 0 Å². The van der Waals surface area contributed by atoms with Gasteiger partial charge in [0.05, 0.1) is 11.8 Å². The normalized spacial score (nSPS) is 34.2. The highest BCUT2D eigenvalue weighted by molar-refractivity contribution is 5.89. The molecule has 0 radical (unpaired) electrons. The van der Waals surface area contributed by atoms with Crippen LogP contribution in [0.2, 0.25) is 0 Å². The molecule has 0 spiro atoms. The summed E-state index contributed by atoms with van der Waals surface area (Å²) in [7, 11) is 0. The minimum absolute atomic E-state index is 0.459. The van der Waals surface area contributed by atoms with Crippen molar-refractivity contribution in [2.75, 3.05) is 13.1 Å². The summed E-state index contributed by atoms with van der Waals surface area (Å²) in [5.41, 5.74) is 1.02. The smallest absolute Gasteiger partial charge is 0.0742 e. The van der Waals surface area contributed by atoms with Crippen LogP contribution in [-0.2, 0) is 0 Å². The Morgan fingerprint density at radius 1 is 1.15 bits per heavy atom. The molecule has 0 aromatic rings. The molecule has 13 heavy (non-hydrogen) atoms. The van der Waals surface area contributed by atoms with E-state index in [4.69, 9.17) is 5.21 Å². The molecular weight excluding hydrogens is 164 g/mol. The van der Waals surface area contributed by atoms with Gasteiger partial charge in [0, 0.05) is 0 Å². The van der Waals surface area contributed by atoms with Gasteiger partial charge in [0.1, 0.15) is 0 Å². The highest BCUT2D eigenvalue weighted by atomic mass is 16.4. The predicted octanol–water partition coefficient (Wildman–Crippen LogP) is 1.85. The molecule has 2 fully saturated rings. The summed E-state index contributed by atoms with van der Waals surface area (Å²) in [4.78, 5) is 2.48. The van der Waals surface area contributed by atoms with Crippen LogP contribution in [0.3, 0.4) is 0 Å². The first-order valence-electron chi connectivity index (χ1n) is 5.36. The number of hydrogen-bond donors (Lipinski definition) is 1. The second-order valence-electron chi connectivity index (χ2n) is 4.10. The van der Waals surface area contributed by atoms with E-state index >= 15 is 0 Å². The molecule has 1 heterocycles. The number of oxime groups is 1. The molecule has 0 bridgehead atoms. The van der Waals surface area contributed by atoms with Crippen LogP contribution in [0.5, 0.6) is 0 Å². The molecule has 0 aromatic heterocycles. The first-order valence-corrected chi connectivity index (χ1v) is 5.36. The molecule has 1 saturated carbocycles. The van der Waals surface area contributed by atoms with E-state index in [0.717, 1.165) is 12.1 Å². The van der Waals surface area contributed by atoms with E-state index in [1.165, 1.54) is 45.2 Å². The Bertz CT molecular complexity index is 197. The van der Waals surface area contributed by atoms with Crippen LogP contribution in [0.15, 0.2) is 5.16 Å². The van der Waals surface area contributed by atoms with E-state index in [0.29, 0.717) is 6.04 Å². The molecule has 1 aliphatic carbocycles. The van der Waals surface area contributed by atoms with Gasteiger partial charge in [-0.2, -0.15) is 0 Å². The lowest BCUT2D eigenvalue weighted by Gasteiger charge is -2.31. The molecule has 1 aliphatic heterocycles. The minimum Gasteiger partial charge on any atom is -0.411 e. The van der Waals surface area contributed by atoms with Crippen molar-refractivity contribution in [2.24, 2.45) is 5.16 Å². The molecule has 0 amide bonds. The lowest BCUT2D eigenvalue weighted by Crippen LogP contribution is -2.41. The van der Waals surface area contributed by atoms with Crippen LogP contribution in [0, 0.1) is 0 Å². The Morgan fingerprint density at radius 2 is 1.92 bits per heavy atom. The van der Waals surface area contributed by atoms with Crippen molar-refractivity contribution < 1.29 is 5.21 Å². The van der Waals surface area contributed by atoms with Crippen LogP contribution in [-0.4, -0.2) is 35.0 Å². The zero-order chi connectivity index (χ0) is 9.10. The predicted molar refractivity (Wildman–Crippen MR) is 52.3 cm³/mol. The van der Waals surface area contributed by atoms with Crippen molar-refractivity contribution in [3.05, 3.63) is 0 Å². The highest BCUT2D eigenvalue weighted by Crippen LogP contribution is 2.23. The highest BCUT2D eigenvalue weighted by Gasteiger charge is 2.28. The fourth-order valence-corrected chi connectivity index (χ4v) is 2.54. The second kappa shape index (κ2) is 4.09. The molecule has 1 unspecified atom stereocenters. The summed E-state index contributed by atoms with van der Waals surface area (Å²) in [5, 5.41) is 12.3. The number of rotatable bonds is 1. The molecule has 3 nitrogen and oxygen atoms in total. The lowest BCUT2D eigenvalue weighted by atomic mass is 9.92. The van der Waals surface area contributed by atoms with Crippen molar-refractivity contribution in [2.45, 2.75) is 44.6 Å². The van der Waals surface area contributed by atoms with Crippen molar-refractivity contribution in [3.8, 4) is 0 Å². The van der Waals surface area contributed by atoms with Gasteiger partial charge in [0.25, 0.3) is 0 Å². The van der Waals surface area contributed by atoms with Crippen molar-refractivity contribution in [1.82, 2.24) is 4.90 Å². The molecule has 1 atom stereocenters. The molecule has 2 rings (SSSR count). The second-order valence-corrected chi connectivity index (χ2v) is 4.10. The van der Waals surface area contributed by atoms with Crippen LogP contribution in [0.25, 0.3) is 0 Å². The average Bonchev–Trinajstić information content (AvgIpc) is 2.70. The molecule has 1 saturated heterocycles. The largest absolute Gasteiger partial charge is 0.411 e. The molecule has 74 valence electrons. The minimum atomic E-state index is 0.459. The van der Waals surface area contributed by atoms with Gasteiger partial charge in [-0.05, 0) is 45.2 Å². The lowest BCUT2D eigenvalue weighted by molar-refractivity contribution is 0.253. The Hall–Kier alpha value is -0.570. The Kier molecular flexibility index (Phi) is 2.83. The zero-order valence-electron chi connectivity index (χ0n) is 8.08. The first-order chi connectivity index (χ1) is 6.42. The van der Waals surface area contributed by atoms with E-state index in [-0.39, 0.29) is 0 Å². The number of nitrogens with zero attached hydrogens (tertiary/aromatic N) is 2. The van der Waals surface area contributed by atoms with Crippen molar-refractivity contribution in [1.29, 1.82) is 0 Å². The van der Waals surface area contributed by atoms with Gasteiger partial charge in [-0.15, -0.1) is 0 Å². The van der Waals surface area contributed by atoms with Gasteiger partial charge >= 0.3 is 0 Å². The first kappa shape index (κ1) is 9.00. The third-order valence-electron chi connectivity index (χ3n) is 3.25. The Morgan fingerprint density at radius 3 is 2.62 bits per heavy atom. The average molecular weight is 182 g/mol. The fraction of sp³-hybridized carbons (Fsp3) is 0.900. The van der Waals surface area contributed by atoms with E-state index in [2.05, 4.69) is 10.1 Å². The van der Waals surface area contributed by atoms with Crippen LogP contribution in [0.4, 0.5) is 0 Å². The zero-order valence-corrected chi connectivity index (χ0v) is 8.08. The van der Waals surface area contributed by atoms with Gasteiger partial charge in [0.2, 0.25) is 0 Å². The molecule has 1 N–H and O–H groups in total. The monoisotopic (exact) mass is 182 g/mol. The number of likely N-dealkylation sites (tertiary alicyclic amines) is 1. The maximum Gasteiger partial charge on any atom is 0.0742 e.